The molecule has 0 rings (SSSR count). The quantitative estimate of drug-likeness (QED) is 0.531. The maximum Gasteiger partial charge on any atom is 0.219 e. The second-order valence-electron chi connectivity index (χ2n) is 4.41. The van der Waals surface area contributed by atoms with Crippen LogP contribution in [0.3, 0.4) is 0 Å². The zero-order valence-corrected chi connectivity index (χ0v) is 10.5. The molecular formula is C11H24N2O3. The molecule has 0 saturated carbocycles. The number of rotatable bonds is 10. The lowest BCUT2D eigenvalue weighted by molar-refractivity contribution is -0.119. The minimum atomic E-state index is -0.293. The van der Waals surface area contributed by atoms with E-state index in [0.717, 1.165) is 13.0 Å². The van der Waals surface area contributed by atoms with Crippen molar-refractivity contribution < 1.29 is 14.3 Å². The molecule has 0 heterocycles. The Hall–Kier alpha value is -0.650. The van der Waals surface area contributed by atoms with Gasteiger partial charge in [-0.2, -0.15) is 0 Å². The first-order valence-corrected chi connectivity index (χ1v) is 5.58. The molecule has 16 heavy (non-hydrogen) atoms. The van der Waals surface area contributed by atoms with Crippen LogP contribution in [0, 0.1) is 0 Å². The highest BCUT2D eigenvalue weighted by molar-refractivity contribution is 5.74. The number of primary amides is 1. The molecule has 5 heteroatoms. The maximum atomic E-state index is 10.8. The molecule has 0 aliphatic heterocycles. The van der Waals surface area contributed by atoms with Crippen LogP contribution in [0.4, 0.5) is 0 Å². The van der Waals surface area contributed by atoms with E-state index in [1.54, 1.807) is 7.11 Å². The van der Waals surface area contributed by atoms with E-state index in [1.807, 2.05) is 13.8 Å². The standard InChI is InChI=1S/C11H24N2O3/c1-11(2,9-10(12)14)13-5-8-16-7-4-6-15-3/h13H,4-9H2,1-3H3,(H2,12,14). The van der Waals surface area contributed by atoms with E-state index in [-0.39, 0.29) is 11.4 Å². The van der Waals surface area contributed by atoms with E-state index in [2.05, 4.69) is 5.32 Å². The zero-order valence-electron chi connectivity index (χ0n) is 10.5. The van der Waals surface area contributed by atoms with Gasteiger partial charge in [-0.1, -0.05) is 0 Å². The molecule has 5 nitrogen and oxygen atoms in total. The lowest BCUT2D eigenvalue weighted by Crippen LogP contribution is -2.44. The van der Waals surface area contributed by atoms with Crippen LogP contribution < -0.4 is 11.1 Å². The summed E-state index contributed by atoms with van der Waals surface area (Å²) >= 11 is 0. The first-order valence-electron chi connectivity index (χ1n) is 5.58. The Morgan fingerprint density at radius 3 is 2.56 bits per heavy atom. The predicted octanol–water partition coefficient (Wildman–Crippen LogP) is 0.283. The molecule has 1 amide bonds. The number of carbonyl (C=O) groups excluding carboxylic acids is 1. The maximum absolute atomic E-state index is 10.8. The smallest absolute Gasteiger partial charge is 0.219 e. The van der Waals surface area contributed by atoms with Gasteiger partial charge in [0.05, 0.1) is 6.61 Å². The van der Waals surface area contributed by atoms with Gasteiger partial charge in [0.2, 0.25) is 5.91 Å². The average Bonchev–Trinajstić information content (AvgIpc) is 2.14. The van der Waals surface area contributed by atoms with E-state index in [9.17, 15) is 4.79 Å². The third kappa shape index (κ3) is 9.89. The topological polar surface area (TPSA) is 73.6 Å². The van der Waals surface area contributed by atoms with E-state index in [0.29, 0.717) is 26.2 Å². The highest BCUT2D eigenvalue weighted by Crippen LogP contribution is 2.06. The SMILES string of the molecule is COCCCOCCNC(C)(C)CC(N)=O. The van der Waals surface area contributed by atoms with Gasteiger partial charge < -0.3 is 20.5 Å². The molecule has 0 unspecified atom stereocenters. The van der Waals surface area contributed by atoms with Crippen LogP contribution >= 0.6 is 0 Å². The fourth-order valence-corrected chi connectivity index (χ4v) is 1.37. The number of amides is 1. The summed E-state index contributed by atoms with van der Waals surface area (Å²) in [4.78, 5) is 10.8. The fourth-order valence-electron chi connectivity index (χ4n) is 1.37. The Morgan fingerprint density at radius 2 is 2.00 bits per heavy atom. The second-order valence-corrected chi connectivity index (χ2v) is 4.41. The summed E-state index contributed by atoms with van der Waals surface area (Å²) in [5.41, 5.74) is 4.88. The highest BCUT2D eigenvalue weighted by atomic mass is 16.5. The molecule has 0 bridgehead atoms. The van der Waals surface area contributed by atoms with Crippen molar-refractivity contribution in [2.75, 3.05) is 33.5 Å². The van der Waals surface area contributed by atoms with Gasteiger partial charge in [-0.15, -0.1) is 0 Å². The van der Waals surface area contributed by atoms with Crippen LogP contribution in [0.25, 0.3) is 0 Å². The van der Waals surface area contributed by atoms with Crippen molar-refractivity contribution in [2.24, 2.45) is 5.73 Å². The van der Waals surface area contributed by atoms with Crippen molar-refractivity contribution in [3.63, 3.8) is 0 Å². The van der Waals surface area contributed by atoms with Crippen molar-refractivity contribution in [1.82, 2.24) is 5.32 Å². The molecule has 0 aromatic rings. The normalized spacial score (nSPS) is 11.7. The molecule has 0 aromatic carbocycles. The summed E-state index contributed by atoms with van der Waals surface area (Å²) < 4.78 is 10.3. The van der Waals surface area contributed by atoms with Gasteiger partial charge in [0.1, 0.15) is 0 Å². The Balaban J connectivity index is 3.39. The monoisotopic (exact) mass is 232 g/mol. The number of nitrogens with two attached hydrogens (primary N) is 1. The molecule has 0 fully saturated rings. The fraction of sp³-hybridized carbons (Fsp3) is 0.909. The predicted molar refractivity (Wildman–Crippen MR) is 63.2 cm³/mol. The van der Waals surface area contributed by atoms with Crippen LogP contribution in [0.5, 0.6) is 0 Å². The largest absolute Gasteiger partial charge is 0.385 e. The van der Waals surface area contributed by atoms with Crippen molar-refractivity contribution in [1.29, 1.82) is 0 Å². The lowest BCUT2D eigenvalue weighted by atomic mass is 10.0. The first kappa shape index (κ1) is 15.3. The molecule has 3 N–H and O–H groups in total. The van der Waals surface area contributed by atoms with E-state index in [1.165, 1.54) is 0 Å². The van der Waals surface area contributed by atoms with Gasteiger partial charge in [0.25, 0.3) is 0 Å². The van der Waals surface area contributed by atoms with Crippen molar-refractivity contribution in [2.45, 2.75) is 32.2 Å². The molecule has 0 aliphatic carbocycles. The molecule has 0 aromatic heterocycles. The Bertz CT molecular complexity index is 196. The van der Waals surface area contributed by atoms with Crippen LogP contribution in [-0.4, -0.2) is 44.9 Å². The van der Waals surface area contributed by atoms with Crippen LogP contribution in [0.15, 0.2) is 0 Å². The Kier molecular flexibility index (Phi) is 8.15. The Labute approximate surface area is 97.7 Å². The molecule has 0 saturated heterocycles. The summed E-state index contributed by atoms with van der Waals surface area (Å²) in [7, 11) is 1.67. The number of methoxy groups -OCH3 is 1. The molecule has 0 atom stereocenters. The van der Waals surface area contributed by atoms with Gasteiger partial charge in [-0.25, -0.2) is 0 Å². The van der Waals surface area contributed by atoms with Crippen LogP contribution in [0.2, 0.25) is 0 Å². The van der Waals surface area contributed by atoms with Gasteiger partial charge in [-0.05, 0) is 20.3 Å². The van der Waals surface area contributed by atoms with Crippen molar-refractivity contribution >= 4 is 5.91 Å². The van der Waals surface area contributed by atoms with Gasteiger partial charge >= 0.3 is 0 Å². The lowest BCUT2D eigenvalue weighted by Gasteiger charge is -2.24. The van der Waals surface area contributed by atoms with Crippen molar-refractivity contribution in [3.05, 3.63) is 0 Å². The number of ether oxygens (including phenoxy) is 2. The molecule has 96 valence electrons. The van der Waals surface area contributed by atoms with E-state index < -0.39 is 0 Å². The van der Waals surface area contributed by atoms with Gasteiger partial charge in [0, 0.05) is 38.8 Å². The summed E-state index contributed by atoms with van der Waals surface area (Å²) in [6.07, 6.45) is 1.23. The summed E-state index contributed by atoms with van der Waals surface area (Å²) in [5.74, 6) is -0.293. The van der Waals surface area contributed by atoms with Gasteiger partial charge in [0.15, 0.2) is 0 Å². The number of hydrogen-bond donors (Lipinski definition) is 2. The third-order valence-electron chi connectivity index (χ3n) is 2.10. The first-order chi connectivity index (χ1) is 7.48. The van der Waals surface area contributed by atoms with E-state index >= 15 is 0 Å². The molecule has 0 radical (unpaired) electrons. The van der Waals surface area contributed by atoms with E-state index in [4.69, 9.17) is 15.2 Å². The van der Waals surface area contributed by atoms with Gasteiger partial charge in [-0.3, -0.25) is 4.79 Å². The molecular weight excluding hydrogens is 208 g/mol. The summed E-state index contributed by atoms with van der Waals surface area (Å²) in [5, 5.41) is 3.22. The van der Waals surface area contributed by atoms with Crippen LogP contribution in [0.1, 0.15) is 26.7 Å². The second kappa shape index (κ2) is 8.50. The summed E-state index contributed by atoms with van der Waals surface area (Å²) in [6.45, 7) is 6.66. The summed E-state index contributed by atoms with van der Waals surface area (Å²) in [6, 6.07) is 0. The van der Waals surface area contributed by atoms with Crippen LogP contribution in [-0.2, 0) is 14.3 Å². The minimum absolute atomic E-state index is 0.262. The van der Waals surface area contributed by atoms with Crippen molar-refractivity contribution in [3.8, 4) is 0 Å². The number of carbonyl (C=O) groups is 1. The highest BCUT2D eigenvalue weighted by Gasteiger charge is 2.18. The number of nitrogens with one attached hydrogen (secondary N) is 1. The Morgan fingerprint density at radius 1 is 1.31 bits per heavy atom. The number of hydrogen-bond acceptors (Lipinski definition) is 4. The molecule has 0 spiro atoms. The third-order valence-corrected chi connectivity index (χ3v) is 2.10. The molecule has 0 aliphatic rings. The minimum Gasteiger partial charge on any atom is -0.385 e. The average molecular weight is 232 g/mol. The zero-order chi connectivity index (χ0) is 12.4.